The van der Waals surface area contributed by atoms with Gasteiger partial charge in [0, 0.05) is 6.42 Å². The third-order valence-electron chi connectivity index (χ3n) is 4.57. The first kappa shape index (κ1) is 26.6. The van der Waals surface area contributed by atoms with Crippen LogP contribution in [0.15, 0.2) is 0 Å². The van der Waals surface area contributed by atoms with Crippen LogP contribution in [0.2, 0.25) is 0 Å². The minimum absolute atomic E-state index is 0.344. The lowest BCUT2D eigenvalue weighted by Crippen LogP contribution is -2.25. The molecule has 0 amide bonds. The van der Waals surface area contributed by atoms with Crippen LogP contribution in [-0.4, -0.2) is 42.2 Å². The molecule has 0 aliphatic heterocycles. The second kappa shape index (κ2) is 23.4. The number of carbonyl (C=O) groups is 1. The number of hydrogen-bond donors (Lipinski definition) is 2. The Balaban J connectivity index is 0. The summed E-state index contributed by atoms with van der Waals surface area (Å²) in [7, 11) is 0. The van der Waals surface area contributed by atoms with E-state index < -0.39 is 5.97 Å². The molecule has 3 N–H and O–H groups in total. The highest BCUT2D eigenvalue weighted by atomic mass is 16.4. The predicted molar refractivity (Wildman–Crippen MR) is 110 cm³/mol. The summed E-state index contributed by atoms with van der Waals surface area (Å²) >= 11 is 0. The van der Waals surface area contributed by atoms with Crippen LogP contribution in [0.25, 0.3) is 0 Å². The fourth-order valence-electron chi connectivity index (χ4n) is 2.80. The van der Waals surface area contributed by atoms with Gasteiger partial charge in [-0.3, -0.25) is 4.79 Å². The maximum atomic E-state index is 10.3. The quantitative estimate of drug-likeness (QED) is 0.339. The molecule has 0 fully saturated rings. The number of carboxylic acids is 1. The van der Waals surface area contributed by atoms with E-state index in [0.717, 1.165) is 45.4 Å². The van der Waals surface area contributed by atoms with Crippen molar-refractivity contribution in [3.05, 3.63) is 0 Å². The summed E-state index contributed by atoms with van der Waals surface area (Å²) < 4.78 is 0. The van der Waals surface area contributed by atoms with Gasteiger partial charge in [-0.1, -0.05) is 85.0 Å². The zero-order chi connectivity index (χ0) is 19.2. The van der Waals surface area contributed by atoms with Crippen molar-refractivity contribution in [2.75, 3.05) is 26.2 Å². The molecule has 0 aromatic rings. The normalized spacial score (nSPS) is 10.6. The van der Waals surface area contributed by atoms with Crippen LogP contribution in [0.4, 0.5) is 0 Å². The predicted octanol–water partition coefficient (Wildman–Crippen LogP) is 5.45. The van der Waals surface area contributed by atoms with E-state index in [1.54, 1.807) is 0 Å². The average molecular weight is 359 g/mol. The van der Waals surface area contributed by atoms with Crippen molar-refractivity contribution in [2.45, 2.75) is 104 Å². The van der Waals surface area contributed by atoms with Crippen molar-refractivity contribution in [3.63, 3.8) is 0 Å². The van der Waals surface area contributed by atoms with Crippen molar-refractivity contribution < 1.29 is 9.90 Å². The van der Waals surface area contributed by atoms with Crippen molar-refractivity contribution in [3.8, 4) is 0 Å². The van der Waals surface area contributed by atoms with E-state index in [9.17, 15) is 4.79 Å². The molecule has 0 rings (SSSR count). The van der Waals surface area contributed by atoms with Gasteiger partial charge in [0.05, 0.1) is 0 Å². The summed E-state index contributed by atoms with van der Waals surface area (Å²) in [5.74, 6) is -0.657. The number of unbranched alkanes of at least 4 members (excludes halogenated alkanes) is 10. The first-order valence-electron chi connectivity index (χ1n) is 10.8. The van der Waals surface area contributed by atoms with Crippen molar-refractivity contribution >= 4 is 5.97 Å². The molecule has 4 nitrogen and oxygen atoms in total. The Morgan fingerprint density at radius 1 is 0.760 bits per heavy atom. The van der Waals surface area contributed by atoms with E-state index in [2.05, 4.69) is 25.7 Å². The van der Waals surface area contributed by atoms with Gasteiger partial charge in [-0.05, 0) is 39.0 Å². The molecule has 0 saturated carbocycles. The van der Waals surface area contributed by atoms with Gasteiger partial charge in [-0.25, -0.2) is 0 Å². The van der Waals surface area contributed by atoms with Gasteiger partial charge < -0.3 is 15.7 Å². The number of rotatable bonds is 17. The third-order valence-corrected chi connectivity index (χ3v) is 4.57. The van der Waals surface area contributed by atoms with Crippen LogP contribution in [-0.2, 0) is 4.79 Å². The molecule has 0 aromatic carbocycles. The summed E-state index contributed by atoms with van der Waals surface area (Å²) in [6, 6.07) is 0. The van der Waals surface area contributed by atoms with Crippen LogP contribution in [0.1, 0.15) is 104 Å². The lowest BCUT2D eigenvalue weighted by Gasteiger charge is -2.16. The monoisotopic (exact) mass is 358 g/mol. The Morgan fingerprint density at radius 2 is 1.20 bits per heavy atom. The number of nitrogens with zero attached hydrogens (tertiary/aromatic N) is 1. The maximum Gasteiger partial charge on any atom is 0.303 e. The first-order valence-corrected chi connectivity index (χ1v) is 10.8. The Kier molecular flexibility index (Phi) is 24.9. The van der Waals surface area contributed by atoms with Crippen molar-refractivity contribution in [2.24, 2.45) is 5.73 Å². The molecule has 0 radical (unpaired) electrons. The molecule has 152 valence electrons. The molecule has 0 saturated heterocycles. The summed E-state index contributed by atoms with van der Waals surface area (Å²) in [5, 5.41) is 8.46. The molecule has 0 unspecified atom stereocenters. The fourth-order valence-corrected chi connectivity index (χ4v) is 2.80. The van der Waals surface area contributed by atoms with Crippen molar-refractivity contribution in [1.29, 1.82) is 0 Å². The average Bonchev–Trinajstić information content (AvgIpc) is 2.61. The summed E-state index contributed by atoms with van der Waals surface area (Å²) in [6.45, 7) is 10.9. The van der Waals surface area contributed by atoms with Gasteiger partial charge >= 0.3 is 5.97 Å². The Bertz CT molecular complexity index is 256. The molecule has 0 bridgehead atoms. The highest BCUT2D eigenvalue weighted by Crippen LogP contribution is 2.11. The lowest BCUT2D eigenvalue weighted by molar-refractivity contribution is -0.137. The summed E-state index contributed by atoms with van der Waals surface area (Å²) in [5.41, 5.74) is 5.36. The number of nitrogens with two attached hydrogens (primary N) is 1. The summed E-state index contributed by atoms with van der Waals surface area (Å²) in [4.78, 5) is 12.6. The zero-order valence-electron chi connectivity index (χ0n) is 17.4. The molecule has 0 aliphatic rings. The highest BCUT2D eigenvalue weighted by Gasteiger charge is 1.97. The number of carboxylic acid groups (broad SMARTS) is 1. The highest BCUT2D eigenvalue weighted by molar-refractivity contribution is 5.66. The van der Waals surface area contributed by atoms with E-state index in [0.29, 0.717) is 6.42 Å². The first-order chi connectivity index (χ1) is 12.1. The van der Waals surface area contributed by atoms with Crippen LogP contribution in [0.5, 0.6) is 0 Å². The van der Waals surface area contributed by atoms with Gasteiger partial charge in [-0.2, -0.15) is 0 Å². The number of aliphatic carboxylic acids is 1. The van der Waals surface area contributed by atoms with Crippen LogP contribution in [0.3, 0.4) is 0 Å². The van der Waals surface area contributed by atoms with Crippen LogP contribution >= 0.6 is 0 Å². The van der Waals surface area contributed by atoms with E-state index in [4.69, 9.17) is 10.8 Å². The van der Waals surface area contributed by atoms with E-state index in [-0.39, 0.29) is 0 Å². The molecule has 0 aromatic heterocycles. The fraction of sp³-hybridized carbons (Fsp3) is 0.952. The van der Waals surface area contributed by atoms with Gasteiger partial charge in [0.15, 0.2) is 0 Å². The largest absolute Gasteiger partial charge is 0.481 e. The zero-order valence-corrected chi connectivity index (χ0v) is 17.4. The van der Waals surface area contributed by atoms with Crippen LogP contribution in [0, 0.1) is 0 Å². The molecule has 0 aliphatic carbocycles. The molecule has 0 spiro atoms. The van der Waals surface area contributed by atoms with E-state index in [1.165, 1.54) is 57.8 Å². The summed E-state index contributed by atoms with van der Waals surface area (Å²) in [6.07, 6.45) is 15.5. The topological polar surface area (TPSA) is 66.6 Å². The van der Waals surface area contributed by atoms with Crippen LogP contribution < -0.4 is 5.73 Å². The number of hydrogen-bond acceptors (Lipinski definition) is 3. The lowest BCUT2D eigenvalue weighted by atomic mass is 10.1. The molecule has 4 heteroatoms. The van der Waals surface area contributed by atoms with Gasteiger partial charge in [0.1, 0.15) is 0 Å². The molecular weight excluding hydrogens is 312 g/mol. The minimum atomic E-state index is -0.657. The molecule has 0 atom stereocenters. The minimum Gasteiger partial charge on any atom is -0.481 e. The maximum absolute atomic E-state index is 10.3. The standard InChI is InChI=1S/C14H28O2.C7H18N2/c1-2-3-4-5-6-7-8-9-10-11-12-13-14(15)16;1-3-9(4-2)7-5-6-8/h2-13H2,1H3,(H,15,16);3-8H2,1-2H3. The van der Waals surface area contributed by atoms with E-state index in [1.807, 2.05) is 0 Å². The molecule has 0 heterocycles. The van der Waals surface area contributed by atoms with Crippen molar-refractivity contribution in [1.82, 2.24) is 4.90 Å². The van der Waals surface area contributed by atoms with Gasteiger partial charge in [0.25, 0.3) is 0 Å². The smallest absolute Gasteiger partial charge is 0.303 e. The van der Waals surface area contributed by atoms with E-state index >= 15 is 0 Å². The SMILES string of the molecule is CCCCCCCCCCCCCC(=O)O.CCN(CC)CCCN. The van der Waals surface area contributed by atoms with Gasteiger partial charge in [-0.15, -0.1) is 0 Å². The Hall–Kier alpha value is -0.610. The Morgan fingerprint density at radius 3 is 1.56 bits per heavy atom. The van der Waals surface area contributed by atoms with Gasteiger partial charge in [0.2, 0.25) is 0 Å². The Labute approximate surface area is 157 Å². The third kappa shape index (κ3) is 25.7. The molecular formula is C21H46N2O2. The second-order valence-corrected chi connectivity index (χ2v) is 6.85. The second-order valence-electron chi connectivity index (χ2n) is 6.85. The molecule has 25 heavy (non-hydrogen) atoms.